The van der Waals surface area contributed by atoms with Crippen LogP contribution in [0.15, 0.2) is 55.0 Å². The fourth-order valence-corrected chi connectivity index (χ4v) is 4.26. The number of benzene rings is 2. The Balaban J connectivity index is 1.35. The van der Waals surface area contributed by atoms with E-state index in [4.69, 9.17) is 9.47 Å². The molecular formula is C26H26FN5O3. The zero-order chi connectivity index (χ0) is 24.4. The number of amides is 1. The van der Waals surface area contributed by atoms with Crippen LogP contribution >= 0.6 is 0 Å². The molecule has 1 amide bonds. The average Bonchev–Trinajstić information content (AvgIpc) is 3.53. The van der Waals surface area contributed by atoms with Crippen LogP contribution in [0.3, 0.4) is 0 Å². The van der Waals surface area contributed by atoms with E-state index < -0.39 is 5.82 Å². The number of fused-ring (bicyclic) bond motifs is 1. The second-order valence-corrected chi connectivity index (χ2v) is 8.56. The van der Waals surface area contributed by atoms with Gasteiger partial charge in [-0.25, -0.2) is 14.4 Å². The fraction of sp³-hybridized carbons (Fsp3) is 0.269. The molecule has 1 aliphatic rings. The van der Waals surface area contributed by atoms with E-state index >= 15 is 0 Å². The molecule has 8 nitrogen and oxygen atoms in total. The molecule has 1 fully saturated rings. The van der Waals surface area contributed by atoms with E-state index in [9.17, 15) is 9.18 Å². The normalized spacial score (nSPS) is 15.3. The molecule has 0 aliphatic carbocycles. The summed E-state index contributed by atoms with van der Waals surface area (Å²) in [5.41, 5.74) is 4.25. The molecule has 4 aromatic rings. The highest BCUT2D eigenvalue weighted by Gasteiger charge is 2.18. The van der Waals surface area contributed by atoms with Gasteiger partial charge in [-0.3, -0.25) is 9.20 Å². The molecule has 0 unspecified atom stereocenters. The molecular weight excluding hydrogens is 449 g/mol. The van der Waals surface area contributed by atoms with Crippen molar-refractivity contribution in [1.29, 1.82) is 0 Å². The van der Waals surface area contributed by atoms with Gasteiger partial charge >= 0.3 is 0 Å². The first kappa shape index (κ1) is 22.8. The Morgan fingerprint density at radius 2 is 2.14 bits per heavy atom. The maximum absolute atomic E-state index is 14.2. The van der Waals surface area contributed by atoms with Gasteiger partial charge in [-0.15, -0.1) is 0 Å². The summed E-state index contributed by atoms with van der Waals surface area (Å²) >= 11 is 0. The molecule has 0 saturated carbocycles. The Morgan fingerprint density at radius 1 is 1.26 bits per heavy atom. The lowest BCUT2D eigenvalue weighted by atomic mass is 10.1. The standard InChI is InChI=1S/C26H26FN5O3/c1-16-11-19(4-5-20(16)26(33)30-13-17-7-10-35-15-17)31-24-25-29-14-22(32(25)9-8-28-24)18-3-6-23(34-2)21(27)12-18/h3-6,8-9,11-12,14,17H,7,10,13,15H2,1-2H3,(H,28,31)(H,30,33)/t17-/m0/s1. The largest absolute Gasteiger partial charge is 0.494 e. The van der Waals surface area contributed by atoms with Crippen LogP contribution in [-0.2, 0) is 4.74 Å². The molecule has 35 heavy (non-hydrogen) atoms. The number of imidazole rings is 1. The van der Waals surface area contributed by atoms with Crippen molar-refractivity contribution in [1.82, 2.24) is 19.7 Å². The minimum atomic E-state index is -0.441. The van der Waals surface area contributed by atoms with Gasteiger partial charge in [0.1, 0.15) is 0 Å². The van der Waals surface area contributed by atoms with Gasteiger partial charge < -0.3 is 20.1 Å². The summed E-state index contributed by atoms with van der Waals surface area (Å²) in [5, 5.41) is 6.29. The van der Waals surface area contributed by atoms with Crippen LogP contribution in [-0.4, -0.2) is 47.1 Å². The van der Waals surface area contributed by atoms with Gasteiger partial charge in [0.2, 0.25) is 0 Å². The molecule has 0 spiro atoms. The van der Waals surface area contributed by atoms with Crippen LogP contribution in [0.5, 0.6) is 5.75 Å². The van der Waals surface area contributed by atoms with Gasteiger partial charge in [-0.05, 0) is 55.3 Å². The first-order valence-electron chi connectivity index (χ1n) is 11.4. The number of methoxy groups -OCH3 is 1. The number of hydrogen-bond donors (Lipinski definition) is 2. The van der Waals surface area contributed by atoms with Gasteiger partial charge in [0, 0.05) is 48.3 Å². The lowest BCUT2D eigenvalue weighted by Crippen LogP contribution is -2.30. The Bertz CT molecular complexity index is 1380. The summed E-state index contributed by atoms with van der Waals surface area (Å²) in [6, 6.07) is 10.3. The highest BCUT2D eigenvalue weighted by Crippen LogP contribution is 2.28. The maximum atomic E-state index is 14.2. The van der Waals surface area contributed by atoms with Crippen molar-refractivity contribution in [3.8, 4) is 17.0 Å². The van der Waals surface area contributed by atoms with Crippen LogP contribution < -0.4 is 15.4 Å². The first-order chi connectivity index (χ1) is 17.0. The molecule has 1 atom stereocenters. The summed E-state index contributed by atoms with van der Waals surface area (Å²) < 4.78 is 26.5. The average molecular weight is 476 g/mol. The number of ether oxygens (including phenoxy) is 2. The number of rotatable bonds is 7. The Labute approximate surface area is 202 Å². The molecule has 5 rings (SSSR count). The predicted molar refractivity (Wildman–Crippen MR) is 131 cm³/mol. The molecule has 1 saturated heterocycles. The molecule has 2 aromatic heterocycles. The van der Waals surface area contributed by atoms with E-state index in [0.29, 0.717) is 41.7 Å². The van der Waals surface area contributed by atoms with E-state index in [0.717, 1.165) is 30.0 Å². The summed E-state index contributed by atoms with van der Waals surface area (Å²) in [6.45, 7) is 3.97. The van der Waals surface area contributed by atoms with Gasteiger partial charge in [-0.1, -0.05) is 0 Å². The van der Waals surface area contributed by atoms with Crippen molar-refractivity contribution in [2.24, 2.45) is 5.92 Å². The van der Waals surface area contributed by atoms with Crippen LogP contribution in [0.1, 0.15) is 22.3 Å². The fourth-order valence-electron chi connectivity index (χ4n) is 4.26. The van der Waals surface area contributed by atoms with Gasteiger partial charge in [-0.2, -0.15) is 0 Å². The van der Waals surface area contributed by atoms with Crippen LogP contribution in [0, 0.1) is 18.7 Å². The van der Waals surface area contributed by atoms with E-state index in [2.05, 4.69) is 20.6 Å². The third-order valence-corrected chi connectivity index (χ3v) is 6.18. The smallest absolute Gasteiger partial charge is 0.251 e. The number of carbonyl (C=O) groups excluding carboxylic acids is 1. The molecule has 1 aliphatic heterocycles. The molecule has 2 aromatic carbocycles. The lowest BCUT2D eigenvalue weighted by molar-refractivity contribution is 0.0944. The Hall–Kier alpha value is -3.98. The first-order valence-corrected chi connectivity index (χ1v) is 11.4. The summed E-state index contributed by atoms with van der Waals surface area (Å²) in [5.74, 6) is 0.576. The predicted octanol–water partition coefficient (Wildman–Crippen LogP) is 4.36. The number of anilines is 2. The maximum Gasteiger partial charge on any atom is 0.251 e. The van der Waals surface area contributed by atoms with Gasteiger partial charge in [0.25, 0.3) is 5.91 Å². The third-order valence-electron chi connectivity index (χ3n) is 6.18. The quantitative estimate of drug-likeness (QED) is 0.413. The summed E-state index contributed by atoms with van der Waals surface area (Å²) in [7, 11) is 1.43. The van der Waals surface area contributed by atoms with E-state index in [1.165, 1.54) is 13.2 Å². The third kappa shape index (κ3) is 4.67. The number of halogens is 1. The minimum Gasteiger partial charge on any atom is -0.494 e. The van der Waals surface area contributed by atoms with Crippen molar-refractivity contribution in [3.63, 3.8) is 0 Å². The number of nitrogens with one attached hydrogen (secondary N) is 2. The topological polar surface area (TPSA) is 89.8 Å². The van der Waals surface area contributed by atoms with Crippen LogP contribution in [0.2, 0.25) is 0 Å². The minimum absolute atomic E-state index is 0.0919. The second-order valence-electron chi connectivity index (χ2n) is 8.56. The number of nitrogens with zero attached hydrogens (tertiary/aromatic N) is 3. The van der Waals surface area contributed by atoms with Gasteiger partial charge in [0.05, 0.1) is 25.6 Å². The van der Waals surface area contributed by atoms with Crippen molar-refractivity contribution in [3.05, 3.63) is 71.9 Å². The monoisotopic (exact) mass is 475 g/mol. The zero-order valence-electron chi connectivity index (χ0n) is 19.5. The zero-order valence-corrected chi connectivity index (χ0v) is 19.5. The van der Waals surface area contributed by atoms with Crippen molar-refractivity contribution in [2.45, 2.75) is 13.3 Å². The highest BCUT2D eigenvalue weighted by atomic mass is 19.1. The second kappa shape index (κ2) is 9.71. The Morgan fingerprint density at radius 3 is 2.89 bits per heavy atom. The number of aryl methyl sites for hydroxylation is 1. The molecule has 180 valence electrons. The van der Waals surface area contributed by atoms with Crippen LogP contribution in [0.25, 0.3) is 16.9 Å². The summed E-state index contributed by atoms with van der Waals surface area (Å²) in [4.78, 5) is 21.6. The molecule has 0 radical (unpaired) electrons. The highest BCUT2D eigenvalue weighted by molar-refractivity contribution is 5.96. The van der Waals surface area contributed by atoms with Gasteiger partial charge in [0.15, 0.2) is 23.0 Å². The van der Waals surface area contributed by atoms with E-state index in [1.54, 1.807) is 36.8 Å². The van der Waals surface area contributed by atoms with E-state index in [-0.39, 0.29) is 11.7 Å². The lowest BCUT2D eigenvalue weighted by Gasteiger charge is -2.13. The number of carbonyl (C=O) groups is 1. The SMILES string of the molecule is COc1ccc(-c2cnc3c(Nc4ccc(C(=O)NC[C@@H]5CCOC5)c(C)c4)nccn23)cc1F. The van der Waals surface area contributed by atoms with E-state index in [1.807, 2.05) is 23.5 Å². The Kier molecular flexibility index (Phi) is 6.33. The van der Waals surface area contributed by atoms with Crippen molar-refractivity contribution < 1.29 is 18.7 Å². The van der Waals surface area contributed by atoms with Crippen molar-refractivity contribution >= 4 is 23.1 Å². The molecule has 2 N–H and O–H groups in total. The van der Waals surface area contributed by atoms with Crippen molar-refractivity contribution in [2.75, 3.05) is 32.2 Å². The number of aromatic nitrogens is 3. The number of hydrogen-bond acceptors (Lipinski definition) is 6. The van der Waals surface area contributed by atoms with Crippen LogP contribution in [0.4, 0.5) is 15.9 Å². The molecule has 9 heteroatoms. The molecule has 0 bridgehead atoms. The summed E-state index contributed by atoms with van der Waals surface area (Å²) in [6.07, 6.45) is 6.09. The molecule has 3 heterocycles.